The largest absolute Gasteiger partial charge is 0.497 e. The number of carbonyl (C=O) groups is 1. The second-order valence-electron chi connectivity index (χ2n) is 8.40. The molecule has 1 aliphatic rings. The summed E-state index contributed by atoms with van der Waals surface area (Å²) in [5.74, 6) is 0.131. The van der Waals surface area contributed by atoms with Gasteiger partial charge in [0.2, 0.25) is 0 Å². The molecule has 0 aromatic heterocycles. The summed E-state index contributed by atoms with van der Waals surface area (Å²) in [6.45, 7) is 5.18. The Morgan fingerprint density at radius 3 is 2.20 bits per heavy atom. The molecule has 1 aliphatic carbocycles. The van der Waals surface area contributed by atoms with Crippen LogP contribution in [0.5, 0.6) is 5.75 Å². The Morgan fingerprint density at radius 1 is 1.10 bits per heavy atom. The maximum absolute atomic E-state index is 13.5. The van der Waals surface area contributed by atoms with Crippen LogP contribution in [0.1, 0.15) is 32.3 Å². The van der Waals surface area contributed by atoms with Gasteiger partial charge in [-0.05, 0) is 50.6 Å². The van der Waals surface area contributed by atoms with Crippen LogP contribution in [0, 0.1) is 0 Å². The molecule has 8 heteroatoms. The molecular weight excluding hydrogens is 404 g/mol. The molecule has 0 radical (unpaired) electrons. The average Bonchev–Trinajstić information content (AvgIpc) is 3.36. The normalized spacial score (nSPS) is 23.5. The van der Waals surface area contributed by atoms with E-state index in [0.717, 1.165) is 5.56 Å². The summed E-state index contributed by atoms with van der Waals surface area (Å²) in [4.78, 5) is 12.7. The molecule has 0 unspecified atom stereocenters. The summed E-state index contributed by atoms with van der Waals surface area (Å²) in [7, 11) is -2.21. The van der Waals surface area contributed by atoms with Gasteiger partial charge in [-0.2, -0.15) is 0 Å². The Labute approximate surface area is 177 Å². The zero-order valence-corrected chi connectivity index (χ0v) is 18.4. The number of hydrogen-bond donors (Lipinski definition) is 2. The molecule has 3 rings (SSSR count). The molecule has 7 nitrogen and oxygen atoms in total. The number of hydrogen-bond acceptors (Lipinski definition) is 6. The molecule has 0 heterocycles. The standard InChI is InChI=1S/C22H28N2O5S/c1-21(2,3)29-20(25)24-22(14-23)18(15-10-12-16(28-4)13-11-15)19(22)30(26,27)17-8-6-5-7-9-17/h5-13,18-19H,14,23H2,1-4H3,(H,24,25)/t18-,19+,22-/m1/s1. The first-order valence-corrected chi connectivity index (χ1v) is 11.2. The van der Waals surface area contributed by atoms with E-state index in [1.807, 2.05) is 0 Å². The third-order valence-electron chi connectivity index (χ3n) is 5.21. The van der Waals surface area contributed by atoms with E-state index in [9.17, 15) is 13.2 Å². The van der Waals surface area contributed by atoms with Gasteiger partial charge in [0.25, 0.3) is 0 Å². The van der Waals surface area contributed by atoms with Gasteiger partial charge in [-0.3, -0.25) is 0 Å². The number of benzene rings is 2. The van der Waals surface area contributed by atoms with Crippen LogP contribution in [0.25, 0.3) is 0 Å². The Balaban J connectivity index is 2.02. The Morgan fingerprint density at radius 2 is 1.70 bits per heavy atom. The molecule has 162 valence electrons. The van der Waals surface area contributed by atoms with E-state index >= 15 is 0 Å². The third kappa shape index (κ3) is 4.15. The number of amides is 1. The zero-order chi connectivity index (χ0) is 22.2. The average molecular weight is 433 g/mol. The first-order valence-electron chi connectivity index (χ1n) is 9.69. The fourth-order valence-corrected chi connectivity index (χ4v) is 6.20. The van der Waals surface area contributed by atoms with E-state index in [2.05, 4.69) is 5.32 Å². The summed E-state index contributed by atoms with van der Waals surface area (Å²) in [5.41, 5.74) is 4.92. The maximum Gasteiger partial charge on any atom is 0.408 e. The number of sulfone groups is 1. The lowest BCUT2D eigenvalue weighted by molar-refractivity contribution is 0.0497. The van der Waals surface area contributed by atoms with Crippen molar-refractivity contribution in [3.63, 3.8) is 0 Å². The van der Waals surface area contributed by atoms with Crippen molar-refractivity contribution in [1.82, 2.24) is 5.32 Å². The van der Waals surface area contributed by atoms with Crippen molar-refractivity contribution in [3.05, 3.63) is 60.2 Å². The third-order valence-corrected chi connectivity index (χ3v) is 7.50. The summed E-state index contributed by atoms with van der Waals surface area (Å²) in [6, 6.07) is 15.3. The Bertz CT molecular complexity index is 1000. The number of nitrogens with one attached hydrogen (secondary N) is 1. The molecule has 0 aliphatic heterocycles. The van der Waals surface area contributed by atoms with E-state index in [-0.39, 0.29) is 11.4 Å². The molecular formula is C22H28N2O5S. The van der Waals surface area contributed by atoms with Crippen LogP contribution >= 0.6 is 0 Å². The van der Waals surface area contributed by atoms with Crippen LogP contribution in [-0.2, 0) is 14.6 Å². The van der Waals surface area contributed by atoms with Crippen molar-refractivity contribution in [1.29, 1.82) is 0 Å². The minimum atomic E-state index is -3.77. The summed E-state index contributed by atoms with van der Waals surface area (Å²) < 4.78 is 37.5. The Hall–Kier alpha value is -2.58. The van der Waals surface area contributed by atoms with Gasteiger partial charge >= 0.3 is 6.09 Å². The highest BCUT2D eigenvalue weighted by atomic mass is 32.2. The molecule has 3 N–H and O–H groups in total. The molecule has 2 aromatic carbocycles. The van der Waals surface area contributed by atoms with Gasteiger partial charge in [-0.15, -0.1) is 0 Å². The number of alkyl carbamates (subject to hydrolysis) is 1. The lowest BCUT2D eigenvalue weighted by Crippen LogP contribution is -2.49. The van der Waals surface area contributed by atoms with Gasteiger partial charge < -0.3 is 20.5 Å². The summed E-state index contributed by atoms with van der Waals surface area (Å²) in [5, 5.41) is 1.86. The molecule has 0 bridgehead atoms. The molecule has 3 atom stereocenters. The molecule has 1 saturated carbocycles. The van der Waals surface area contributed by atoms with Crippen molar-refractivity contribution < 1.29 is 22.7 Å². The zero-order valence-electron chi connectivity index (χ0n) is 17.6. The van der Waals surface area contributed by atoms with Gasteiger partial charge in [0, 0.05) is 12.5 Å². The van der Waals surface area contributed by atoms with Crippen LogP contribution < -0.4 is 15.8 Å². The number of ether oxygens (including phenoxy) is 2. The van der Waals surface area contributed by atoms with E-state index in [1.165, 1.54) is 0 Å². The van der Waals surface area contributed by atoms with Crippen molar-refractivity contribution in [3.8, 4) is 5.75 Å². The van der Waals surface area contributed by atoms with Crippen LogP contribution in [0.3, 0.4) is 0 Å². The quantitative estimate of drug-likeness (QED) is 0.727. The topological polar surface area (TPSA) is 108 Å². The van der Waals surface area contributed by atoms with Crippen molar-refractivity contribution in [2.75, 3.05) is 13.7 Å². The second-order valence-corrected chi connectivity index (χ2v) is 10.5. The number of nitrogens with two attached hydrogens (primary N) is 1. The van der Waals surface area contributed by atoms with E-state index < -0.39 is 38.2 Å². The highest BCUT2D eigenvalue weighted by Gasteiger charge is 2.71. The maximum atomic E-state index is 13.5. The highest BCUT2D eigenvalue weighted by molar-refractivity contribution is 7.92. The van der Waals surface area contributed by atoms with Crippen LogP contribution in [0.15, 0.2) is 59.5 Å². The second kappa shape index (κ2) is 7.92. The van der Waals surface area contributed by atoms with Gasteiger partial charge in [-0.25, -0.2) is 13.2 Å². The van der Waals surface area contributed by atoms with Crippen molar-refractivity contribution in [2.45, 2.75) is 48.0 Å². The highest BCUT2D eigenvalue weighted by Crippen LogP contribution is 2.57. The van der Waals surface area contributed by atoms with Crippen LogP contribution in [-0.4, -0.2) is 44.6 Å². The fraction of sp³-hybridized carbons (Fsp3) is 0.409. The predicted octanol–water partition coefficient (Wildman–Crippen LogP) is 2.86. The number of carbonyl (C=O) groups excluding carboxylic acids is 1. The smallest absolute Gasteiger partial charge is 0.408 e. The lowest BCUT2D eigenvalue weighted by atomic mass is 10.1. The van der Waals surface area contributed by atoms with Crippen molar-refractivity contribution >= 4 is 15.9 Å². The lowest BCUT2D eigenvalue weighted by Gasteiger charge is -2.24. The molecule has 1 fully saturated rings. The minimum absolute atomic E-state index is 0.0559. The SMILES string of the molecule is COc1ccc([C@@H]2[C@H](S(=O)(=O)c3ccccc3)[C@]2(CN)NC(=O)OC(C)(C)C)cc1. The molecule has 1 amide bonds. The minimum Gasteiger partial charge on any atom is -0.497 e. The van der Waals surface area contributed by atoms with E-state index in [1.54, 1.807) is 82.5 Å². The molecule has 30 heavy (non-hydrogen) atoms. The fourth-order valence-electron chi connectivity index (χ4n) is 3.84. The number of rotatable bonds is 6. The van der Waals surface area contributed by atoms with Gasteiger partial charge in [0.1, 0.15) is 16.6 Å². The van der Waals surface area contributed by atoms with E-state index in [0.29, 0.717) is 5.75 Å². The first kappa shape index (κ1) is 22.1. The van der Waals surface area contributed by atoms with E-state index in [4.69, 9.17) is 15.2 Å². The molecule has 2 aromatic rings. The van der Waals surface area contributed by atoms with Gasteiger partial charge in [0.15, 0.2) is 9.84 Å². The first-order chi connectivity index (χ1) is 14.0. The van der Waals surface area contributed by atoms with Gasteiger partial charge in [-0.1, -0.05) is 30.3 Å². The van der Waals surface area contributed by atoms with Crippen molar-refractivity contribution in [2.24, 2.45) is 5.73 Å². The number of methoxy groups -OCH3 is 1. The predicted molar refractivity (Wildman–Crippen MR) is 114 cm³/mol. The summed E-state index contributed by atoms with van der Waals surface area (Å²) in [6.07, 6.45) is -0.697. The van der Waals surface area contributed by atoms with Gasteiger partial charge in [0.05, 0.1) is 17.5 Å². The molecule has 0 saturated heterocycles. The summed E-state index contributed by atoms with van der Waals surface area (Å²) >= 11 is 0. The van der Waals surface area contributed by atoms with Crippen LogP contribution in [0.4, 0.5) is 4.79 Å². The van der Waals surface area contributed by atoms with Crippen LogP contribution in [0.2, 0.25) is 0 Å². The Kier molecular flexibility index (Phi) is 5.84. The monoisotopic (exact) mass is 432 g/mol. The molecule has 0 spiro atoms.